The fraction of sp³-hybridized carbons (Fsp3) is 0.118. The molecule has 2 N–H and O–H groups in total. The van der Waals surface area contributed by atoms with Crippen LogP contribution in [-0.2, 0) is 4.79 Å². The maximum atomic E-state index is 11.9. The Balaban J connectivity index is 1.76. The highest BCUT2D eigenvalue weighted by Gasteiger charge is 2.16. The molecule has 0 saturated heterocycles. The highest BCUT2D eigenvalue weighted by Crippen LogP contribution is 2.37. The number of carbonyl (C=O) groups excluding carboxylic acids is 1. The standard InChI is InChI=1S/C17H13BrN4O5/c1-9-6-10-12(7-11(9)18)19-17(24)16(10)21-20-15(23)8-27-14-5-3-2-4-13(14)22(25)26/h2-7,19,24H,8H2,1H3. The Labute approximate surface area is 161 Å². The minimum absolute atomic E-state index is 0.0403. The number of carbonyl (C=O) groups is 1. The average molecular weight is 433 g/mol. The third kappa shape index (κ3) is 3.95. The Kier molecular flexibility index (Phi) is 5.17. The number of aryl methyl sites for hydroxylation is 1. The highest BCUT2D eigenvalue weighted by molar-refractivity contribution is 9.10. The van der Waals surface area contributed by atoms with E-state index in [1.165, 1.54) is 18.2 Å². The van der Waals surface area contributed by atoms with Crippen LogP contribution in [0, 0.1) is 17.0 Å². The number of hydrogen-bond donors (Lipinski definition) is 2. The second-order valence-electron chi connectivity index (χ2n) is 5.58. The van der Waals surface area contributed by atoms with Crippen molar-refractivity contribution in [1.82, 2.24) is 4.98 Å². The molecule has 10 heteroatoms. The fourth-order valence-electron chi connectivity index (χ4n) is 2.40. The van der Waals surface area contributed by atoms with Gasteiger partial charge in [0.15, 0.2) is 18.0 Å². The monoisotopic (exact) mass is 432 g/mol. The number of aromatic amines is 1. The molecule has 2 aromatic carbocycles. The van der Waals surface area contributed by atoms with Crippen molar-refractivity contribution in [1.29, 1.82) is 0 Å². The zero-order chi connectivity index (χ0) is 19.6. The van der Waals surface area contributed by atoms with Gasteiger partial charge in [-0.3, -0.25) is 14.9 Å². The number of nitrogens with zero attached hydrogens (tertiary/aromatic N) is 3. The first kappa shape index (κ1) is 18.5. The molecule has 1 aromatic heterocycles. The molecule has 0 bridgehead atoms. The first-order chi connectivity index (χ1) is 12.9. The molecule has 0 atom stereocenters. The lowest BCUT2D eigenvalue weighted by molar-refractivity contribution is -0.385. The third-order valence-electron chi connectivity index (χ3n) is 3.71. The number of amides is 1. The summed E-state index contributed by atoms with van der Waals surface area (Å²) >= 11 is 3.40. The number of para-hydroxylation sites is 2. The number of H-pyrrole nitrogens is 1. The van der Waals surface area contributed by atoms with Gasteiger partial charge in [-0.05, 0) is 30.7 Å². The number of nitro benzene ring substituents is 1. The van der Waals surface area contributed by atoms with Crippen molar-refractivity contribution in [3.8, 4) is 11.6 Å². The summed E-state index contributed by atoms with van der Waals surface area (Å²) in [5.41, 5.74) is 1.42. The van der Waals surface area contributed by atoms with E-state index in [1.807, 2.05) is 6.92 Å². The summed E-state index contributed by atoms with van der Waals surface area (Å²) in [4.78, 5) is 25.0. The molecular weight excluding hydrogens is 420 g/mol. The molecule has 0 aliphatic heterocycles. The number of aromatic hydroxyl groups is 1. The van der Waals surface area contributed by atoms with Crippen LogP contribution in [0.1, 0.15) is 5.56 Å². The van der Waals surface area contributed by atoms with Gasteiger partial charge in [0.2, 0.25) is 5.88 Å². The van der Waals surface area contributed by atoms with Crippen LogP contribution in [0.3, 0.4) is 0 Å². The Morgan fingerprint density at radius 2 is 2.11 bits per heavy atom. The summed E-state index contributed by atoms with van der Waals surface area (Å²) in [7, 11) is 0. The molecule has 9 nitrogen and oxygen atoms in total. The second kappa shape index (κ2) is 7.54. The van der Waals surface area contributed by atoms with E-state index in [2.05, 4.69) is 31.1 Å². The maximum Gasteiger partial charge on any atom is 0.310 e. The van der Waals surface area contributed by atoms with Crippen LogP contribution in [0.5, 0.6) is 11.6 Å². The topological polar surface area (TPSA) is 130 Å². The zero-order valence-electron chi connectivity index (χ0n) is 14.0. The van der Waals surface area contributed by atoms with Crippen molar-refractivity contribution < 1.29 is 19.6 Å². The lowest BCUT2D eigenvalue weighted by Crippen LogP contribution is -2.09. The van der Waals surface area contributed by atoms with Crippen molar-refractivity contribution in [3.05, 3.63) is 56.5 Å². The fourth-order valence-corrected chi connectivity index (χ4v) is 2.74. The quantitative estimate of drug-likeness (QED) is 0.347. The van der Waals surface area contributed by atoms with Crippen molar-refractivity contribution in [2.45, 2.75) is 6.92 Å². The number of halogens is 1. The summed E-state index contributed by atoms with van der Waals surface area (Å²) in [6, 6.07) is 9.27. The van der Waals surface area contributed by atoms with Gasteiger partial charge in [-0.15, -0.1) is 10.2 Å². The van der Waals surface area contributed by atoms with Gasteiger partial charge in [-0.25, -0.2) is 0 Å². The molecule has 0 saturated carbocycles. The molecule has 3 rings (SSSR count). The molecule has 1 amide bonds. The number of ether oxygens (including phenoxy) is 1. The smallest absolute Gasteiger partial charge is 0.310 e. The molecular formula is C17H13BrN4O5. The van der Waals surface area contributed by atoms with Crippen LogP contribution in [0.2, 0.25) is 0 Å². The first-order valence-electron chi connectivity index (χ1n) is 7.68. The minimum Gasteiger partial charge on any atom is -0.493 e. The van der Waals surface area contributed by atoms with Crippen LogP contribution in [0.4, 0.5) is 11.4 Å². The van der Waals surface area contributed by atoms with Gasteiger partial charge in [0.1, 0.15) is 0 Å². The van der Waals surface area contributed by atoms with E-state index < -0.39 is 17.4 Å². The minimum atomic E-state index is -0.754. The Morgan fingerprint density at radius 3 is 2.85 bits per heavy atom. The second-order valence-corrected chi connectivity index (χ2v) is 6.43. The molecule has 3 aromatic rings. The maximum absolute atomic E-state index is 11.9. The largest absolute Gasteiger partial charge is 0.493 e. The number of nitrogens with one attached hydrogen (secondary N) is 1. The number of aromatic nitrogens is 1. The van der Waals surface area contributed by atoms with Gasteiger partial charge < -0.3 is 14.8 Å². The summed E-state index contributed by atoms with van der Waals surface area (Å²) in [6.45, 7) is 1.35. The predicted octanol–water partition coefficient (Wildman–Crippen LogP) is 4.54. The highest BCUT2D eigenvalue weighted by atomic mass is 79.9. The van der Waals surface area contributed by atoms with Crippen LogP contribution in [-0.4, -0.2) is 27.5 Å². The summed E-state index contributed by atoms with van der Waals surface area (Å²) in [5.74, 6) is -1.02. The van der Waals surface area contributed by atoms with E-state index in [0.717, 1.165) is 10.0 Å². The van der Waals surface area contributed by atoms with Crippen molar-refractivity contribution in [2.24, 2.45) is 10.2 Å². The van der Waals surface area contributed by atoms with E-state index in [9.17, 15) is 20.0 Å². The van der Waals surface area contributed by atoms with E-state index in [4.69, 9.17) is 4.74 Å². The average Bonchev–Trinajstić information content (AvgIpc) is 2.93. The molecule has 0 aliphatic carbocycles. The van der Waals surface area contributed by atoms with E-state index in [0.29, 0.717) is 10.9 Å². The van der Waals surface area contributed by atoms with Crippen LogP contribution >= 0.6 is 15.9 Å². The summed E-state index contributed by atoms with van der Waals surface area (Å²) < 4.78 is 6.02. The molecule has 0 spiro atoms. The Bertz CT molecular complexity index is 1080. The van der Waals surface area contributed by atoms with Crippen molar-refractivity contribution in [2.75, 3.05) is 6.61 Å². The lowest BCUT2D eigenvalue weighted by Gasteiger charge is -2.03. The Morgan fingerprint density at radius 1 is 1.37 bits per heavy atom. The predicted molar refractivity (Wildman–Crippen MR) is 101 cm³/mol. The summed E-state index contributed by atoms with van der Waals surface area (Å²) in [6.07, 6.45) is 0. The Hall–Kier alpha value is -3.27. The number of azo groups is 1. The number of hydrogen-bond acceptors (Lipinski definition) is 6. The van der Waals surface area contributed by atoms with Crippen molar-refractivity contribution >= 4 is 44.1 Å². The van der Waals surface area contributed by atoms with Gasteiger partial charge >= 0.3 is 11.6 Å². The molecule has 138 valence electrons. The molecule has 27 heavy (non-hydrogen) atoms. The van der Waals surface area contributed by atoms with Gasteiger partial charge in [0.25, 0.3) is 0 Å². The van der Waals surface area contributed by atoms with Gasteiger partial charge in [0.05, 0.1) is 10.4 Å². The zero-order valence-corrected chi connectivity index (χ0v) is 15.6. The molecule has 1 heterocycles. The number of nitro groups is 1. The van der Waals surface area contributed by atoms with Crippen LogP contribution in [0.15, 0.2) is 51.1 Å². The van der Waals surface area contributed by atoms with Crippen LogP contribution in [0.25, 0.3) is 10.9 Å². The first-order valence-corrected chi connectivity index (χ1v) is 8.47. The SMILES string of the molecule is Cc1cc2c(N=NC(=O)COc3ccccc3[N+](=O)[O-])c(O)[nH]c2cc1Br. The van der Waals surface area contributed by atoms with Gasteiger partial charge in [-0.2, -0.15) is 0 Å². The van der Waals surface area contributed by atoms with Gasteiger partial charge in [0, 0.05) is 15.9 Å². The lowest BCUT2D eigenvalue weighted by atomic mass is 10.1. The molecule has 0 unspecified atom stereocenters. The van der Waals surface area contributed by atoms with E-state index in [-0.39, 0.29) is 23.0 Å². The van der Waals surface area contributed by atoms with Crippen LogP contribution < -0.4 is 4.74 Å². The molecule has 0 radical (unpaired) electrons. The number of benzene rings is 2. The number of fused-ring (bicyclic) bond motifs is 1. The van der Waals surface area contributed by atoms with E-state index >= 15 is 0 Å². The summed E-state index contributed by atoms with van der Waals surface area (Å²) in [5, 5.41) is 28.8. The molecule has 0 fully saturated rings. The van der Waals surface area contributed by atoms with Gasteiger partial charge in [-0.1, -0.05) is 28.1 Å². The molecule has 0 aliphatic rings. The van der Waals surface area contributed by atoms with E-state index in [1.54, 1.807) is 18.2 Å². The number of rotatable bonds is 5. The van der Waals surface area contributed by atoms with Crippen molar-refractivity contribution in [3.63, 3.8) is 0 Å². The third-order valence-corrected chi connectivity index (χ3v) is 4.56. The normalized spacial score (nSPS) is 11.2.